The second-order valence-corrected chi connectivity index (χ2v) is 5.99. The van der Waals surface area contributed by atoms with Gasteiger partial charge in [0.2, 0.25) is 0 Å². The van der Waals surface area contributed by atoms with Crippen LogP contribution < -0.4 is 5.32 Å². The Bertz CT molecular complexity index is 840. The van der Waals surface area contributed by atoms with Crippen LogP contribution in [0.25, 0.3) is 0 Å². The number of hydrogen-bond donors (Lipinski definition) is 2. The van der Waals surface area contributed by atoms with Crippen molar-refractivity contribution in [3.63, 3.8) is 0 Å². The molecule has 0 aromatic heterocycles. The van der Waals surface area contributed by atoms with Crippen molar-refractivity contribution in [3.05, 3.63) is 64.2 Å². The Morgan fingerprint density at radius 3 is 2.52 bits per heavy atom. The molecular formula is C17H13ClF2N2O3. The number of hydrogen-bond acceptors (Lipinski definition) is 2. The number of carboxylic acid groups (broad SMARTS) is 1. The van der Waals surface area contributed by atoms with Gasteiger partial charge in [0.1, 0.15) is 23.4 Å². The Labute approximate surface area is 146 Å². The maximum Gasteiger partial charge on any atom is 0.408 e. The van der Waals surface area contributed by atoms with E-state index in [1.54, 1.807) is 12.1 Å². The van der Waals surface area contributed by atoms with Crippen molar-refractivity contribution in [3.8, 4) is 0 Å². The maximum absolute atomic E-state index is 13.8. The Kier molecular flexibility index (Phi) is 4.59. The van der Waals surface area contributed by atoms with Gasteiger partial charge < -0.3 is 10.4 Å². The molecule has 3 rings (SSSR count). The first kappa shape index (κ1) is 17.2. The fourth-order valence-electron chi connectivity index (χ4n) is 2.89. The van der Waals surface area contributed by atoms with E-state index < -0.39 is 35.4 Å². The Morgan fingerprint density at radius 2 is 1.88 bits per heavy atom. The van der Waals surface area contributed by atoms with E-state index in [4.69, 9.17) is 11.6 Å². The summed E-state index contributed by atoms with van der Waals surface area (Å²) in [6, 6.07) is 6.69. The third-order valence-corrected chi connectivity index (χ3v) is 4.27. The SMILES string of the molecule is O=C(Nc1c(F)cccc1F)C1c2ccc(Cl)cc2CCN1C(=O)O. The van der Waals surface area contributed by atoms with Crippen molar-refractivity contribution < 1.29 is 23.5 Å². The van der Waals surface area contributed by atoms with Gasteiger partial charge in [-0.2, -0.15) is 0 Å². The standard InChI is InChI=1S/C17H13ClF2N2O3/c18-10-4-5-11-9(8-10)6-7-22(17(24)25)15(11)16(23)21-14-12(19)2-1-3-13(14)20/h1-5,8,15H,6-7H2,(H,21,23)(H,24,25). The first-order valence-corrected chi connectivity index (χ1v) is 7.79. The zero-order valence-electron chi connectivity index (χ0n) is 12.8. The summed E-state index contributed by atoms with van der Waals surface area (Å²) >= 11 is 5.94. The molecule has 2 aromatic rings. The minimum atomic E-state index is -1.30. The van der Waals surface area contributed by atoms with Gasteiger partial charge in [0.25, 0.3) is 5.91 Å². The van der Waals surface area contributed by atoms with E-state index in [2.05, 4.69) is 5.32 Å². The lowest BCUT2D eigenvalue weighted by atomic mass is 9.92. The average Bonchev–Trinajstić information content (AvgIpc) is 2.56. The molecule has 0 spiro atoms. The van der Waals surface area contributed by atoms with Crippen molar-refractivity contribution in [1.82, 2.24) is 4.90 Å². The summed E-state index contributed by atoms with van der Waals surface area (Å²) in [4.78, 5) is 25.1. The zero-order valence-corrected chi connectivity index (χ0v) is 13.6. The molecule has 130 valence electrons. The van der Waals surface area contributed by atoms with Gasteiger partial charge in [-0.1, -0.05) is 23.7 Å². The zero-order chi connectivity index (χ0) is 18.1. The lowest BCUT2D eigenvalue weighted by Crippen LogP contribution is -2.44. The lowest BCUT2D eigenvalue weighted by molar-refractivity contribution is -0.121. The van der Waals surface area contributed by atoms with Crippen molar-refractivity contribution in [1.29, 1.82) is 0 Å². The normalized spacial score (nSPS) is 16.3. The predicted molar refractivity (Wildman–Crippen MR) is 87.6 cm³/mol. The number of fused-ring (bicyclic) bond motifs is 1. The van der Waals surface area contributed by atoms with Gasteiger partial charge in [-0.05, 0) is 41.8 Å². The molecule has 2 N–H and O–H groups in total. The molecule has 1 aliphatic heterocycles. The van der Waals surface area contributed by atoms with Gasteiger partial charge in [0.15, 0.2) is 0 Å². The number of nitrogens with one attached hydrogen (secondary N) is 1. The quantitative estimate of drug-likeness (QED) is 0.848. The summed E-state index contributed by atoms with van der Waals surface area (Å²) in [7, 11) is 0. The first-order chi connectivity index (χ1) is 11.9. The molecule has 5 nitrogen and oxygen atoms in total. The van der Waals surface area contributed by atoms with Gasteiger partial charge in [-0.3, -0.25) is 9.69 Å². The third-order valence-electron chi connectivity index (χ3n) is 4.04. The van der Waals surface area contributed by atoms with Gasteiger partial charge in [-0.25, -0.2) is 13.6 Å². The average molecular weight is 367 g/mol. The van der Waals surface area contributed by atoms with Gasteiger partial charge in [-0.15, -0.1) is 0 Å². The molecule has 0 saturated carbocycles. The molecule has 2 amide bonds. The first-order valence-electron chi connectivity index (χ1n) is 7.41. The fraction of sp³-hybridized carbons (Fsp3) is 0.176. The van der Waals surface area contributed by atoms with E-state index in [9.17, 15) is 23.5 Å². The van der Waals surface area contributed by atoms with Crippen LogP contribution in [0.3, 0.4) is 0 Å². The van der Waals surface area contributed by atoms with Crippen molar-refractivity contribution in [2.75, 3.05) is 11.9 Å². The van der Waals surface area contributed by atoms with Crippen LogP contribution in [0.1, 0.15) is 17.2 Å². The molecule has 1 unspecified atom stereocenters. The number of nitrogens with zero attached hydrogens (tertiary/aromatic N) is 1. The van der Waals surface area contributed by atoms with Crippen LogP contribution in [0.15, 0.2) is 36.4 Å². The molecule has 25 heavy (non-hydrogen) atoms. The summed E-state index contributed by atoms with van der Waals surface area (Å²) in [5.41, 5.74) is 0.547. The van der Waals surface area contributed by atoms with E-state index in [0.29, 0.717) is 17.0 Å². The number of amides is 2. The van der Waals surface area contributed by atoms with Crippen molar-refractivity contribution in [2.45, 2.75) is 12.5 Å². The van der Waals surface area contributed by atoms with Crippen LogP contribution >= 0.6 is 11.6 Å². The highest BCUT2D eigenvalue weighted by Gasteiger charge is 2.36. The minimum absolute atomic E-state index is 0.0700. The highest BCUT2D eigenvalue weighted by molar-refractivity contribution is 6.30. The van der Waals surface area contributed by atoms with Crippen LogP contribution in [-0.2, 0) is 11.2 Å². The highest BCUT2D eigenvalue weighted by Crippen LogP contribution is 2.33. The highest BCUT2D eigenvalue weighted by atomic mass is 35.5. The summed E-state index contributed by atoms with van der Waals surface area (Å²) in [6.07, 6.45) is -0.908. The second-order valence-electron chi connectivity index (χ2n) is 5.56. The number of halogens is 3. The summed E-state index contributed by atoms with van der Waals surface area (Å²) in [5.74, 6) is -2.72. The summed E-state index contributed by atoms with van der Waals surface area (Å²) < 4.78 is 27.6. The Balaban J connectivity index is 2.00. The molecule has 0 fully saturated rings. The number of rotatable bonds is 2. The molecule has 1 heterocycles. The maximum atomic E-state index is 13.8. The molecule has 1 aliphatic rings. The van der Waals surface area contributed by atoms with Gasteiger partial charge in [0.05, 0.1) is 0 Å². The number of carbonyl (C=O) groups is 2. The molecule has 0 radical (unpaired) electrons. The van der Waals surface area contributed by atoms with E-state index in [-0.39, 0.29) is 6.54 Å². The molecule has 0 saturated heterocycles. The van der Waals surface area contributed by atoms with Crippen LogP contribution in [0.2, 0.25) is 5.02 Å². The smallest absolute Gasteiger partial charge is 0.408 e. The topological polar surface area (TPSA) is 69.6 Å². The van der Waals surface area contributed by atoms with Crippen LogP contribution in [-0.4, -0.2) is 28.6 Å². The van der Waals surface area contributed by atoms with Crippen molar-refractivity contribution in [2.24, 2.45) is 0 Å². The molecule has 2 aromatic carbocycles. The van der Waals surface area contributed by atoms with Crippen LogP contribution in [0, 0.1) is 11.6 Å². The van der Waals surface area contributed by atoms with Gasteiger partial charge >= 0.3 is 6.09 Å². The molecule has 0 bridgehead atoms. The number of benzene rings is 2. The fourth-order valence-corrected chi connectivity index (χ4v) is 3.09. The van der Waals surface area contributed by atoms with Gasteiger partial charge in [0, 0.05) is 11.6 Å². The second kappa shape index (κ2) is 6.68. The molecule has 8 heteroatoms. The largest absolute Gasteiger partial charge is 0.465 e. The van der Waals surface area contributed by atoms with Crippen LogP contribution in [0.4, 0.5) is 19.3 Å². The van der Waals surface area contributed by atoms with Crippen molar-refractivity contribution >= 4 is 29.3 Å². The molecule has 0 aliphatic carbocycles. The monoisotopic (exact) mass is 366 g/mol. The minimum Gasteiger partial charge on any atom is -0.465 e. The summed E-state index contributed by atoms with van der Waals surface area (Å²) in [5, 5.41) is 12.0. The number of carbonyl (C=O) groups excluding carboxylic acids is 1. The van der Waals surface area contributed by atoms with E-state index in [1.165, 1.54) is 12.1 Å². The number of para-hydroxylation sites is 1. The predicted octanol–water partition coefficient (Wildman–Crippen LogP) is 3.83. The van der Waals surface area contributed by atoms with E-state index in [0.717, 1.165) is 22.6 Å². The van der Waals surface area contributed by atoms with Crippen LogP contribution in [0.5, 0.6) is 0 Å². The van der Waals surface area contributed by atoms with E-state index >= 15 is 0 Å². The molecular weight excluding hydrogens is 354 g/mol. The Hall–Kier alpha value is -2.67. The Morgan fingerprint density at radius 1 is 1.20 bits per heavy atom. The number of anilines is 1. The third kappa shape index (κ3) is 3.28. The summed E-state index contributed by atoms with van der Waals surface area (Å²) in [6.45, 7) is 0.0700. The lowest BCUT2D eigenvalue weighted by Gasteiger charge is -2.34. The molecule has 1 atom stereocenters. The van der Waals surface area contributed by atoms with E-state index in [1.807, 2.05) is 0 Å².